The third kappa shape index (κ3) is 3.12. The summed E-state index contributed by atoms with van der Waals surface area (Å²) < 4.78 is 1.86. The molecular weight excluding hydrogens is 250 g/mol. The zero-order chi connectivity index (χ0) is 14.5. The predicted octanol–water partition coefficient (Wildman–Crippen LogP) is 2.70. The second-order valence-corrected chi connectivity index (χ2v) is 4.88. The molecule has 0 bridgehead atoms. The molecule has 0 unspecified atom stereocenters. The molecule has 1 N–H and O–H groups in total. The van der Waals surface area contributed by atoms with Gasteiger partial charge in [0.05, 0.1) is 5.56 Å². The van der Waals surface area contributed by atoms with Gasteiger partial charge in [0.15, 0.2) is 12.0 Å². The van der Waals surface area contributed by atoms with Crippen LogP contribution in [-0.4, -0.2) is 35.8 Å². The molecule has 0 aliphatic rings. The van der Waals surface area contributed by atoms with E-state index in [9.17, 15) is 9.90 Å². The van der Waals surface area contributed by atoms with Gasteiger partial charge < -0.3 is 5.11 Å². The molecule has 20 heavy (non-hydrogen) atoms. The summed E-state index contributed by atoms with van der Waals surface area (Å²) in [5.74, 6) is -0.493. The number of phenols is 1. The Balaban J connectivity index is 2.45. The number of benzene rings is 2. The van der Waals surface area contributed by atoms with Crippen molar-refractivity contribution in [1.82, 2.24) is 0 Å². The smallest absolute Gasteiger partial charge is 0.183 e. The van der Waals surface area contributed by atoms with Crippen LogP contribution >= 0.6 is 0 Å². The molecule has 0 saturated carbocycles. The van der Waals surface area contributed by atoms with Crippen molar-refractivity contribution in [3.63, 3.8) is 0 Å². The van der Waals surface area contributed by atoms with E-state index in [1.807, 2.05) is 55.2 Å². The largest absolute Gasteiger partial charge is 0.507 e. The summed E-state index contributed by atoms with van der Waals surface area (Å²) >= 11 is 0. The fourth-order valence-electron chi connectivity index (χ4n) is 2.11. The number of aromatic hydroxyl groups is 1. The first-order valence-electron chi connectivity index (χ1n) is 6.48. The van der Waals surface area contributed by atoms with E-state index < -0.39 is 5.92 Å². The number of hydrogen-bond acceptors (Lipinski definition) is 2. The van der Waals surface area contributed by atoms with Gasteiger partial charge in [0.1, 0.15) is 25.8 Å². The van der Waals surface area contributed by atoms with E-state index in [4.69, 9.17) is 0 Å². The lowest BCUT2D eigenvalue weighted by molar-refractivity contribution is -0.460. The number of carbonyl (C=O) groups excluding carboxylic acids is 1. The van der Waals surface area contributed by atoms with Gasteiger partial charge in [-0.25, -0.2) is 4.58 Å². The summed E-state index contributed by atoms with van der Waals surface area (Å²) in [6, 6.07) is 16.2. The molecule has 2 aromatic rings. The number of para-hydroxylation sites is 1. The molecule has 0 spiro atoms. The summed E-state index contributed by atoms with van der Waals surface area (Å²) in [7, 11) is 3.77. The molecule has 0 fully saturated rings. The van der Waals surface area contributed by atoms with Crippen LogP contribution in [0.2, 0.25) is 0 Å². The van der Waals surface area contributed by atoms with Crippen LogP contribution in [0, 0.1) is 0 Å². The van der Waals surface area contributed by atoms with Crippen LogP contribution in [-0.2, 0) is 0 Å². The van der Waals surface area contributed by atoms with Gasteiger partial charge in [-0.15, -0.1) is 0 Å². The standard InChI is InChI=1S/C17H17NO2/c1-18(2)12-15(13-8-4-3-5-9-13)17(20)14-10-6-7-11-16(14)19/h3-12,15H,1-2H3/p+1/t15-/m0/s1. The monoisotopic (exact) mass is 268 g/mol. The van der Waals surface area contributed by atoms with Crippen LogP contribution in [0.3, 0.4) is 0 Å². The van der Waals surface area contributed by atoms with Crippen LogP contribution in [0.4, 0.5) is 0 Å². The zero-order valence-electron chi connectivity index (χ0n) is 11.7. The second kappa shape index (κ2) is 6.15. The normalized spacial score (nSPS) is 11.7. The highest BCUT2D eigenvalue weighted by atomic mass is 16.3. The van der Waals surface area contributed by atoms with E-state index in [2.05, 4.69) is 0 Å². The van der Waals surface area contributed by atoms with Crippen LogP contribution in [0.15, 0.2) is 54.6 Å². The first-order valence-corrected chi connectivity index (χ1v) is 6.48. The maximum Gasteiger partial charge on any atom is 0.183 e. The maximum absolute atomic E-state index is 12.7. The third-order valence-electron chi connectivity index (χ3n) is 3.06. The average Bonchev–Trinajstić information content (AvgIpc) is 2.45. The minimum Gasteiger partial charge on any atom is -0.507 e. The summed E-state index contributed by atoms with van der Waals surface area (Å²) in [5.41, 5.74) is 1.26. The molecule has 0 saturated heterocycles. The van der Waals surface area contributed by atoms with Gasteiger partial charge in [0.25, 0.3) is 0 Å². The van der Waals surface area contributed by atoms with E-state index in [1.54, 1.807) is 18.2 Å². The molecule has 0 aliphatic carbocycles. The summed E-state index contributed by atoms with van der Waals surface area (Å²) in [6.45, 7) is 0. The molecular formula is C17H18NO2+. The number of nitrogens with zero attached hydrogens (tertiary/aromatic N) is 1. The van der Waals surface area contributed by atoms with E-state index >= 15 is 0 Å². The van der Waals surface area contributed by atoms with Gasteiger partial charge in [0.2, 0.25) is 0 Å². The van der Waals surface area contributed by atoms with Crippen molar-refractivity contribution < 1.29 is 14.5 Å². The van der Waals surface area contributed by atoms with Gasteiger partial charge in [0, 0.05) is 0 Å². The van der Waals surface area contributed by atoms with Crippen LogP contribution < -0.4 is 0 Å². The third-order valence-corrected chi connectivity index (χ3v) is 3.06. The molecule has 2 aromatic carbocycles. The number of ketones is 1. The summed E-state index contributed by atoms with van der Waals surface area (Å²) in [6.07, 6.45) is 1.85. The Labute approximate surface area is 118 Å². The van der Waals surface area contributed by atoms with E-state index in [-0.39, 0.29) is 11.5 Å². The number of phenolic OH excluding ortho intramolecular Hbond substituents is 1. The highest BCUT2D eigenvalue weighted by molar-refractivity contribution is 6.10. The van der Waals surface area contributed by atoms with Crippen LogP contribution in [0.1, 0.15) is 21.8 Å². The SMILES string of the molecule is C[N+](C)=C[C@H](C(=O)c1ccccc1O)c1ccccc1. The number of carbonyl (C=O) groups is 1. The van der Waals surface area contributed by atoms with Crippen molar-refractivity contribution in [3.05, 3.63) is 65.7 Å². The molecule has 102 valence electrons. The Hall–Kier alpha value is -2.42. The zero-order valence-corrected chi connectivity index (χ0v) is 11.7. The highest BCUT2D eigenvalue weighted by Gasteiger charge is 2.25. The van der Waals surface area contributed by atoms with Crippen molar-refractivity contribution in [3.8, 4) is 5.75 Å². The fraction of sp³-hybridized carbons (Fsp3) is 0.176. The molecule has 0 aromatic heterocycles. The molecule has 0 heterocycles. The van der Waals surface area contributed by atoms with Gasteiger partial charge in [-0.05, 0) is 17.7 Å². The van der Waals surface area contributed by atoms with E-state index in [0.717, 1.165) is 5.56 Å². The second-order valence-electron chi connectivity index (χ2n) is 4.88. The molecule has 1 atom stereocenters. The molecule has 2 rings (SSSR count). The minimum absolute atomic E-state index is 0.0191. The number of rotatable bonds is 4. The summed E-state index contributed by atoms with van der Waals surface area (Å²) in [4.78, 5) is 12.7. The van der Waals surface area contributed by atoms with Gasteiger partial charge in [-0.3, -0.25) is 4.79 Å². The van der Waals surface area contributed by atoms with Crippen molar-refractivity contribution in [2.24, 2.45) is 0 Å². The van der Waals surface area contributed by atoms with Crippen molar-refractivity contribution in [1.29, 1.82) is 0 Å². The first-order chi connectivity index (χ1) is 9.59. The lowest BCUT2D eigenvalue weighted by atomic mass is 9.91. The highest BCUT2D eigenvalue weighted by Crippen LogP contribution is 2.24. The maximum atomic E-state index is 12.7. The van der Waals surface area contributed by atoms with Crippen molar-refractivity contribution in [2.45, 2.75) is 5.92 Å². The Morgan fingerprint density at radius 3 is 2.25 bits per heavy atom. The quantitative estimate of drug-likeness (QED) is 0.526. The van der Waals surface area contributed by atoms with Gasteiger partial charge in [-0.1, -0.05) is 42.5 Å². The van der Waals surface area contributed by atoms with Crippen molar-refractivity contribution in [2.75, 3.05) is 14.1 Å². The van der Waals surface area contributed by atoms with Crippen LogP contribution in [0.25, 0.3) is 0 Å². The Morgan fingerprint density at radius 1 is 1.05 bits per heavy atom. The lowest BCUT2D eigenvalue weighted by Gasteiger charge is -2.11. The van der Waals surface area contributed by atoms with Gasteiger partial charge in [-0.2, -0.15) is 0 Å². The van der Waals surface area contributed by atoms with E-state index in [1.165, 1.54) is 6.07 Å². The molecule has 3 nitrogen and oxygen atoms in total. The predicted molar refractivity (Wildman–Crippen MR) is 79.8 cm³/mol. The number of Topliss-reactive ketones (excluding diaryl/α,β-unsaturated/α-hetero) is 1. The summed E-state index contributed by atoms with van der Waals surface area (Å²) in [5, 5.41) is 9.86. The van der Waals surface area contributed by atoms with Crippen molar-refractivity contribution >= 4 is 12.0 Å². The number of hydrogen-bond donors (Lipinski definition) is 1. The molecule has 0 radical (unpaired) electrons. The Kier molecular flexibility index (Phi) is 4.31. The van der Waals surface area contributed by atoms with Crippen LogP contribution in [0.5, 0.6) is 5.75 Å². The Morgan fingerprint density at radius 2 is 1.65 bits per heavy atom. The van der Waals surface area contributed by atoms with E-state index in [0.29, 0.717) is 5.56 Å². The minimum atomic E-state index is -0.403. The Bertz CT molecular complexity index is 628. The lowest BCUT2D eigenvalue weighted by Crippen LogP contribution is -2.18. The molecule has 0 aliphatic heterocycles. The molecule has 3 heteroatoms. The molecule has 0 amide bonds. The average molecular weight is 268 g/mol. The first kappa shape index (κ1) is 14.0. The topological polar surface area (TPSA) is 40.3 Å². The van der Waals surface area contributed by atoms with Gasteiger partial charge >= 0.3 is 0 Å². The fourth-order valence-corrected chi connectivity index (χ4v) is 2.11.